The second kappa shape index (κ2) is 5.94. The summed E-state index contributed by atoms with van der Waals surface area (Å²) in [6.07, 6.45) is 0. The number of carbonyl (C=O) groups is 1. The smallest absolute Gasteiger partial charge is 0.239 e. The highest BCUT2D eigenvalue weighted by Crippen LogP contribution is 2.22. The Morgan fingerprint density at radius 3 is 2.63 bits per heavy atom. The number of nitriles is 1. The van der Waals surface area contributed by atoms with E-state index in [1.165, 1.54) is 0 Å². The SMILES string of the molecule is CN(CC(=O)NC(C)(C)C)c1ccc(Cl)cc1C#N. The van der Waals surface area contributed by atoms with Crippen molar-refractivity contribution in [2.24, 2.45) is 0 Å². The van der Waals surface area contributed by atoms with Crippen molar-refractivity contribution >= 4 is 23.2 Å². The van der Waals surface area contributed by atoms with Gasteiger partial charge in [-0.15, -0.1) is 0 Å². The molecule has 1 amide bonds. The third kappa shape index (κ3) is 4.80. The molecule has 0 aliphatic heterocycles. The molecule has 0 aliphatic carbocycles. The maximum atomic E-state index is 11.8. The summed E-state index contributed by atoms with van der Waals surface area (Å²) in [5.41, 5.74) is 0.880. The first kappa shape index (κ1) is 15.3. The van der Waals surface area contributed by atoms with Crippen molar-refractivity contribution in [2.45, 2.75) is 26.3 Å². The Hall–Kier alpha value is -1.73. The summed E-state index contributed by atoms with van der Waals surface area (Å²) in [4.78, 5) is 13.6. The molecule has 0 bridgehead atoms. The Kier molecular flexibility index (Phi) is 4.79. The van der Waals surface area contributed by atoms with Gasteiger partial charge in [-0.05, 0) is 39.0 Å². The average molecular weight is 280 g/mol. The molecule has 0 aliphatic rings. The van der Waals surface area contributed by atoms with E-state index in [0.29, 0.717) is 16.3 Å². The molecule has 0 aromatic heterocycles. The molecule has 1 N–H and O–H groups in total. The van der Waals surface area contributed by atoms with Crippen LogP contribution in [0.1, 0.15) is 26.3 Å². The number of benzene rings is 1. The van der Waals surface area contributed by atoms with Crippen LogP contribution in [-0.4, -0.2) is 25.0 Å². The minimum Gasteiger partial charge on any atom is -0.364 e. The molecule has 102 valence electrons. The number of nitrogens with zero attached hydrogens (tertiary/aromatic N) is 2. The van der Waals surface area contributed by atoms with Crippen LogP contribution >= 0.6 is 11.6 Å². The molecular weight excluding hydrogens is 262 g/mol. The molecule has 4 nitrogen and oxygen atoms in total. The Morgan fingerprint density at radius 2 is 2.11 bits per heavy atom. The van der Waals surface area contributed by atoms with Gasteiger partial charge in [0.05, 0.1) is 17.8 Å². The van der Waals surface area contributed by atoms with Crippen LogP contribution in [0.4, 0.5) is 5.69 Å². The molecule has 0 saturated heterocycles. The van der Waals surface area contributed by atoms with Gasteiger partial charge in [0.2, 0.25) is 5.91 Å². The van der Waals surface area contributed by atoms with Crippen LogP contribution in [0.2, 0.25) is 5.02 Å². The van der Waals surface area contributed by atoms with Crippen molar-refractivity contribution in [3.05, 3.63) is 28.8 Å². The number of hydrogen-bond donors (Lipinski definition) is 1. The fraction of sp³-hybridized carbons (Fsp3) is 0.429. The summed E-state index contributed by atoms with van der Waals surface area (Å²) in [7, 11) is 1.77. The summed E-state index contributed by atoms with van der Waals surface area (Å²) in [6.45, 7) is 5.96. The lowest BCUT2D eigenvalue weighted by molar-refractivity contribution is -0.121. The molecule has 0 spiro atoms. The topological polar surface area (TPSA) is 56.1 Å². The molecule has 0 radical (unpaired) electrons. The predicted molar refractivity (Wildman–Crippen MR) is 77.3 cm³/mol. The third-order valence-electron chi connectivity index (χ3n) is 2.39. The number of hydrogen-bond acceptors (Lipinski definition) is 3. The van der Waals surface area contributed by atoms with E-state index in [4.69, 9.17) is 16.9 Å². The van der Waals surface area contributed by atoms with Gasteiger partial charge in [0.25, 0.3) is 0 Å². The van der Waals surface area contributed by atoms with Gasteiger partial charge < -0.3 is 10.2 Å². The van der Waals surface area contributed by atoms with Gasteiger partial charge in [0.15, 0.2) is 0 Å². The minimum atomic E-state index is -0.268. The van der Waals surface area contributed by atoms with Gasteiger partial charge in [0.1, 0.15) is 6.07 Å². The minimum absolute atomic E-state index is 0.0890. The molecule has 0 saturated carbocycles. The van der Waals surface area contributed by atoms with Crippen molar-refractivity contribution in [1.82, 2.24) is 5.32 Å². The van der Waals surface area contributed by atoms with E-state index in [2.05, 4.69) is 11.4 Å². The van der Waals surface area contributed by atoms with Crippen molar-refractivity contribution in [2.75, 3.05) is 18.5 Å². The van der Waals surface area contributed by atoms with Crippen molar-refractivity contribution < 1.29 is 4.79 Å². The molecule has 5 heteroatoms. The zero-order chi connectivity index (χ0) is 14.6. The van der Waals surface area contributed by atoms with Crippen LogP contribution in [0.3, 0.4) is 0 Å². The zero-order valence-electron chi connectivity index (χ0n) is 11.6. The highest BCUT2D eigenvalue weighted by Gasteiger charge is 2.16. The molecule has 0 fully saturated rings. The van der Waals surface area contributed by atoms with E-state index in [0.717, 1.165) is 0 Å². The Morgan fingerprint density at radius 1 is 1.47 bits per heavy atom. The number of amides is 1. The largest absolute Gasteiger partial charge is 0.364 e. The van der Waals surface area contributed by atoms with Gasteiger partial charge in [-0.25, -0.2) is 0 Å². The molecule has 0 heterocycles. The van der Waals surface area contributed by atoms with E-state index >= 15 is 0 Å². The maximum Gasteiger partial charge on any atom is 0.239 e. The fourth-order valence-electron chi connectivity index (χ4n) is 1.69. The first-order valence-corrected chi connectivity index (χ1v) is 6.32. The second-order valence-electron chi connectivity index (χ2n) is 5.43. The van der Waals surface area contributed by atoms with Crippen LogP contribution in [0, 0.1) is 11.3 Å². The van der Waals surface area contributed by atoms with E-state index in [9.17, 15) is 4.79 Å². The molecule has 1 aromatic carbocycles. The first-order valence-electron chi connectivity index (χ1n) is 5.95. The quantitative estimate of drug-likeness (QED) is 0.925. The summed E-state index contributed by atoms with van der Waals surface area (Å²) in [5, 5.41) is 12.5. The highest BCUT2D eigenvalue weighted by molar-refractivity contribution is 6.30. The zero-order valence-corrected chi connectivity index (χ0v) is 12.4. The Balaban J connectivity index is 2.82. The lowest BCUT2D eigenvalue weighted by Gasteiger charge is -2.24. The van der Waals surface area contributed by atoms with Crippen LogP contribution in [0.15, 0.2) is 18.2 Å². The van der Waals surface area contributed by atoms with Gasteiger partial charge in [0, 0.05) is 17.6 Å². The van der Waals surface area contributed by atoms with Crippen molar-refractivity contribution in [1.29, 1.82) is 5.26 Å². The monoisotopic (exact) mass is 279 g/mol. The van der Waals surface area contributed by atoms with Crippen molar-refractivity contribution in [3.63, 3.8) is 0 Å². The molecular formula is C14H18ClN3O. The number of anilines is 1. The predicted octanol–water partition coefficient (Wildman–Crippen LogP) is 2.56. The van der Waals surface area contributed by atoms with Gasteiger partial charge >= 0.3 is 0 Å². The summed E-state index contributed by atoms with van der Waals surface area (Å²) < 4.78 is 0. The summed E-state index contributed by atoms with van der Waals surface area (Å²) >= 11 is 5.84. The number of nitrogens with one attached hydrogen (secondary N) is 1. The maximum absolute atomic E-state index is 11.8. The normalized spacial score (nSPS) is 10.7. The fourth-order valence-corrected chi connectivity index (χ4v) is 1.86. The Labute approximate surface area is 119 Å². The number of halogens is 1. The first-order chi connectivity index (χ1) is 8.73. The molecule has 1 aromatic rings. The van der Waals surface area contributed by atoms with E-state index < -0.39 is 0 Å². The third-order valence-corrected chi connectivity index (χ3v) is 2.62. The van der Waals surface area contributed by atoms with E-state index in [-0.39, 0.29) is 18.0 Å². The molecule has 19 heavy (non-hydrogen) atoms. The lowest BCUT2D eigenvalue weighted by Crippen LogP contribution is -2.45. The van der Waals surface area contributed by atoms with Crippen molar-refractivity contribution in [3.8, 4) is 6.07 Å². The molecule has 0 atom stereocenters. The average Bonchev–Trinajstić information content (AvgIpc) is 2.25. The Bertz CT molecular complexity index is 514. The van der Waals surface area contributed by atoms with E-state index in [1.807, 2.05) is 20.8 Å². The van der Waals surface area contributed by atoms with Gasteiger partial charge in [-0.3, -0.25) is 4.79 Å². The second-order valence-corrected chi connectivity index (χ2v) is 5.86. The number of carbonyl (C=O) groups excluding carboxylic acids is 1. The summed E-state index contributed by atoms with van der Waals surface area (Å²) in [5.74, 6) is -0.0890. The van der Waals surface area contributed by atoms with Crippen LogP contribution in [0.25, 0.3) is 0 Å². The lowest BCUT2D eigenvalue weighted by atomic mass is 10.1. The van der Waals surface area contributed by atoms with Crippen LogP contribution in [-0.2, 0) is 4.79 Å². The summed E-state index contributed by atoms with van der Waals surface area (Å²) in [6, 6.07) is 7.12. The standard InChI is InChI=1S/C14H18ClN3O/c1-14(2,3)17-13(19)9-18(4)12-6-5-11(15)7-10(12)8-16/h5-7H,9H2,1-4H3,(H,17,19). The van der Waals surface area contributed by atoms with E-state index in [1.54, 1.807) is 30.1 Å². The molecule has 1 rings (SSSR count). The molecule has 0 unspecified atom stereocenters. The van der Waals surface area contributed by atoms with Gasteiger partial charge in [-0.1, -0.05) is 11.6 Å². The van der Waals surface area contributed by atoms with Crippen LogP contribution in [0.5, 0.6) is 0 Å². The highest BCUT2D eigenvalue weighted by atomic mass is 35.5. The van der Waals surface area contributed by atoms with Crippen LogP contribution < -0.4 is 10.2 Å². The van der Waals surface area contributed by atoms with Gasteiger partial charge in [-0.2, -0.15) is 5.26 Å². The number of rotatable bonds is 3. The number of likely N-dealkylation sites (N-methyl/N-ethyl adjacent to an activating group) is 1.